The fraction of sp³-hybridized carbons (Fsp3) is 0.294. The van der Waals surface area contributed by atoms with Crippen molar-refractivity contribution >= 4 is 21.6 Å². The quantitative estimate of drug-likeness (QED) is 0.857. The maximum atomic E-state index is 13.9. The van der Waals surface area contributed by atoms with Crippen molar-refractivity contribution in [2.45, 2.75) is 25.9 Å². The molecule has 2 aromatic carbocycles. The Hall–Kier alpha value is -1.39. The first-order valence-corrected chi connectivity index (χ1v) is 7.73. The fourth-order valence-electron chi connectivity index (χ4n) is 2.35. The topological polar surface area (TPSA) is 29.3 Å². The van der Waals surface area contributed by atoms with E-state index in [0.29, 0.717) is 5.56 Å². The number of anilines is 1. The molecule has 2 atom stereocenters. The molecule has 0 saturated heterocycles. The second-order valence-electron chi connectivity index (χ2n) is 5.30. The molecular weight excluding hydrogens is 331 g/mol. The molecule has 4 heteroatoms. The molecule has 0 aliphatic heterocycles. The maximum absolute atomic E-state index is 13.9. The van der Waals surface area contributed by atoms with Crippen molar-refractivity contribution in [3.8, 4) is 0 Å². The molecule has 0 heterocycles. The molecular formula is C17H20BrFN2. The predicted molar refractivity (Wildman–Crippen MR) is 90.0 cm³/mol. The molecule has 112 valence electrons. The molecule has 2 rings (SSSR count). The molecule has 0 aromatic heterocycles. The Morgan fingerprint density at radius 2 is 1.76 bits per heavy atom. The Bertz CT molecular complexity index is 628. The second kappa shape index (κ2) is 6.58. The molecule has 0 fully saturated rings. The Labute approximate surface area is 133 Å². The number of hydrogen-bond donors (Lipinski definition) is 1. The highest BCUT2D eigenvalue weighted by Crippen LogP contribution is 2.31. The Balaban J connectivity index is 2.30. The summed E-state index contributed by atoms with van der Waals surface area (Å²) in [6, 6.07) is 12.8. The van der Waals surface area contributed by atoms with Gasteiger partial charge >= 0.3 is 0 Å². The van der Waals surface area contributed by atoms with E-state index in [1.807, 2.05) is 56.1 Å². The lowest BCUT2D eigenvalue weighted by Crippen LogP contribution is -2.22. The summed E-state index contributed by atoms with van der Waals surface area (Å²) in [5.41, 5.74) is 8.68. The normalized spacial score (nSPS) is 13.8. The predicted octanol–water partition coefficient (Wildman–Crippen LogP) is 4.81. The van der Waals surface area contributed by atoms with Gasteiger partial charge in [-0.05, 0) is 37.6 Å². The third kappa shape index (κ3) is 3.44. The molecule has 0 aliphatic carbocycles. The molecule has 0 spiro atoms. The minimum atomic E-state index is -0.178. The Morgan fingerprint density at radius 3 is 2.33 bits per heavy atom. The molecule has 0 bridgehead atoms. The first-order chi connectivity index (χ1) is 9.91. The van der Waals surface area contributed by atoms with E-state index in [2.05, 4.69) is 15.9 Å². The van der Waals surface area contributed by atoms with E-state index < -0.39 is 0 Å². The van der Waals surface area contributed by atoms with E-state index in [-0.39, 0.29) is 17.9 Å². The van der Waals surface area contributed by atoms with E-state index in [9.17, 15) is 4.39 Å². The molecule has 0 amide bonds. The van der Waals surface area contributed by atoms with Gasteiger partial charge in [-0.2, -0.15) is 0 Å². The van der Waals surface area contributed by atoms with E-state index in [4.69, 9.17) is 5.73 Å². The first-order valence-electron chi connectivity index (χ1n) is 6.94. The molecule has 0 saturated carbocycles. The number of hydrogen-bond acceptors (Lipinski definition) is 2. The van der Waals surface area contributed by atoms with Crippen LogP contribution in [0, 0.1) is 5.82 Å². The molecule has 2 unspecified atom stereocenters. The second-order valence-corrected chi connectivity index (χ2v) is 6.16. The molecule has 21 heavy (non-hydrogen) atoms. The van der Waals surface area contributed by atoms with Crippen molar-refractivity contribution in [2.75, 3.05) is 11.9 Å². The number of halogens is 2. The minimum absolute atomic E-state index is 0.0253. The van der Waals surface area contributed by atoms with Crippen molar-refractivity contribution in [2.24, 2.45) is 5.73 Å². The number of nitrogens with zero attached hydrogens (tertiary/aromatic N) is 1. The van der Waals surface area contributed by atoms with E-state index >= 15 is 0 Å². The Morgan fingerprint density at radius 1 is 1.10 bits per heavy atom. The zero-order valence-electron chi connectivity index (χ0n) is 12.5. The van der Waals surface area contributed by atoms with Crippen LogP contribution in [-0.4, -0.2) is 7.05 Å². The molecule has 2 N–H and O–H groups in total. The summed E-state index contributed by atoms with van der Waals surface area (Å²) in [7, 11) is 1.96. The summed E-state index contributed by atoms with van der Waals surface area (Å²) < 4.78 is 14.9. The van der Waals surface area contributed by atoms with Crippen LogP contribution in [0.25, 0.3) is 0 Å². The number of benzene rings is 2. The van der Waals surface area contributed by atoms with Crippen LogP contribution in [0.4, 0.5) is 10.1 Å². The molecule has 2 nitrogen and oxygen atoms in total. The zero-order valence-corrected chi connectivity index (χ0v) is 14.1. The van der Waals surface area contributed by atoms with Crippen LogP contribution in [0.5, 0.6) is 0 Å². The number of nitrogens with two attached hydrogens (primary N) is 1. The zero-order chi connectivity index (χ0) is 15.6. The standard InChI is InChI=1S/C17H20BrFN2/c1-11(20)14-9-8-13(10-16(14)18)21(3)12(2)15-6-4-5-7-17(15)19/h4-12H,20H2,1-3H3. The van der Waals surface area contributed by atoms with Crippen LogP contribution >= 0.6 is 15.9 Å². The van der Waals surface area contributed by atoms with E-state index in [1.165, 1.54) is 6.07 Å². The van der Waals surface area contributed by atoms with Crippen molar-refractivity contribution in [3.05, 3.63) is 63.9 Å². The van der Waals surface area contributed by atoms with Crippen molar-refractivity contribution in [1.82, 2.24) is 0 Å². The Kier molecular flexibility index (Phi) is 5.01. The lowest BCUT2D eigenvalue weighted by molar-refractivity contribution is 0.585. The van der Waals surface area contributed by atoms with Gasteiger partial charge in [0.2, 0.25) is 0 Å². The SMILES string of the molecule is CC(N)c1ccc(N(C)C(C)c2ccccc2F)cc1Br. The summed E-state index contributed by atoms with van der Waals surface area (Å²) in [4.78, 5) is 2.05. The highest BCUT2D eigenvalue weighted by molar-refractivity contribution is 9.10. The van der Waals surface area contributed by atoms with Crippen LogP contribution in [0.1, 0.15) is 37.1 Å². The van der Waals surface area contributed by atoms with E-state index in [1.54, 1.807) is 6.07 Å². The number of rotatable bonds is 4. The lowest BCUT2D eigenvalue weighted by atomic mass is 10.0. The van der Waals surface area contributed by atoms with Crippen LogP contribution in [0.3, 0.4) is 0 Å². The third-order valence-electron chi connectivity index (χ3n) is 3.82. The smallest absolute Gasteiger partial charge is 0.128 e. The van der Waals surface area contributed by atoms with Crippen LogP contribution in [0.2, 0.25) is 0 Å². The lowest BCUT2D eigenvalue weighted by Gasteiger charge is -2.28. The highest BCUT2D eigenvalue weighted by Gasteiger charge is 2.17. The summed E-state index contributed by atoms with van der Waals surface area (Å²) in [5, 5.41) is 0. The van der Waals surface area contributed by atoms with Gasteiger partial charge in [-0.3, -0.25) is 0 Å². The van der Waals surface area contributed by atoms with Gasteiger partial charge in [-0.1, -0.05) is 40.2 Å². The monoisotopic (exact) mass is 350 g/mol. The average Bonchev–Trinajstić information content (AvgIpc) is 2.45. The van der Waals surface area contributed by atoms with Gasteiger partial charge < -0.3 is 10.6 Å². The molecule has 0 aliphatic rings. The van der Waals surface area contributed by atoms with Crippen LogP contribution < -0.4 is 10.6 Å². The fourth-order valence-corrected chi connectivity index (χ4v) is 3.08. The van der Waals surface area contributed by atoms with Gasteiger partial charge in [0.05, 0.1) is 6.04 Å². The van der Waals surface area contributed by atoms with Crippen molar-refractivity contribution in [1.29, 1.82) is 0 Å². The van der Waals surface area contributed by atoms with Crippen LogP contribution in [0.15, 0.2) is 46.9 Å². The van der Waals surface area contributed by atoms with E-state index in [0.717, 1.165) is 15.7 Å². The first kappa shape index (κ1) is 16.0. The molecule has 2 aromatic rings. The summed E-state index contributed by atoms with van der Waals surface area (Å²) in [6.45, 7) is 3.94. The van der Waals surface area contributed by atoms with Gasteiger partial charge in [0, 0.05) is 28.8 Å². The summed E-state index contributed by atoms with van der Waals surface area (Å²) in [5.74, 6) is -0.178. The third-order valence-corrected chi connectivity index (χ3v) is 4.50. The minimum Gasteiger partial charge on any atom is -0.368 e. The van der Waals surface area contributed by atoms with Gasteiger partial charge in [-0.25, -0.2) is 4.39 Å². The summed E-state index contributed by atoms with van der Waals surface area (Å²) >= 11 is 3.56. The molecule has 0 radical (unpaired) electrons. The van der Waals surface area contributed by atoms with Gasteiger partial charge in [0.25, 0.3) is 0 Å². The van der Waals surface area contributed by atoms with Gasteiger partial charge in [-0.15, -0.1) is 0 Å². The van der Waals surface area contributed by atoms with Crippen LogP contribution in [-0.2, 0) is 0 Å². The average molecular weight is 351 g/mol. The highest BCUT2D eigenvalue weighted by atomic mass is 79.9. The maximum Gasteiger partial charge on any atom is 0.128 e. The van der Waals surface area contributed by atoms with Gasteiger partial charge in [0.1, 0.15) is 5.82 Å². The van der Waals surface area contributed by atoms with Gasteiger partial charge in [0.15, 0.2) is 0 Å². The van der Waals surface area contributed by atoms with Crippen molar-refractivity contribution in [3.63, 3.8) is 0 Å². The largest absolute Gasteiger partial charge is 0.368 e. The van der Waals surface area contributed by atoms with Crippen molar-refractivity contribution < 1.29 is 4.39 Å². The summed E-state index contributed by atoms with van der Waals surface area (Å²) in [6.07, 6.45) is 0.